The van der Waals surface area contributed by atoms with Crippen LogP contribution in [0.3, 0.4) is 0 Å². The van der Waals surface area contributed by atoms with E-state index in [1.807, 2.05) is 49.4 Å². The number of Topliss-reactive ketones (excluding diaryl/α,β-unsaturated/α-hetero) is 1. The van der Waals surface area contributed by atoms with E-state index in [1.54, 1.807) is 25.1 Å². The van der Waals surface area contributed by atoms with Gasteiger partial charge in [0.25, 0.3) is 0 Å². The summed E-state index contributed by atoms with van der Waals surface area (Å²) >= 11 is 0. The van der Waals surface area contributed by atoms with Crippen LogP contribution in [0.2, 0.25) is 0 Å². The Hall–Kier alpha value is -4.19. The number of hydrogen-bond acceptors (Lipinski definition) is 5. The molecule has 3 aromatic rings. The van der Waals surface area contributed by atoms with Gasteiger partial charge in [-0.05, 0) is 49.2 Å². The van der Waals surface area contributed by atoms with Gasteiger partial charge in [0.05, 0.1) is 17.9 Å². The van der Waals surface area contributed by atoms with E-state index in [2.05, 4.69) is 5.32 Å². The standard InChI is InChI=1S/C29H24FNO4/c1-3-34-29(33)24-17(2)31-27-22-6-4-5-7-23(22)28(32)26(27)25(24)19-10-14-21(15-11-19)35-16-18-8-12-20(30)13-9-18/h4-15,25,31H,3,16H2,1-2H3/t25-/m0/s1. The topological polar surface area (TPSA) is 64.6 Å². The van der Waals surface area contributed by atoms with E-state index in [9.17, 15) is 14.0 Å². The minimum atomic E-state index is -0.573. The van der Waals surface area contributed by atoms with Gasteiger partial charge in [0.1, 0.15) is 18.2 Å². The third kappa shape index (κ3) is 4.12. The molecular formula is C29H24FNO4. The van der Waals surface area contributed by atoms with E-state index in [1.165, 1.54) is 12.1 Å². The molecule has 5 nitrogen and oxygen atoms in total. The predicted octanol–water partition coefficient (Wildman–Crippen LogP) is 5.54. The molecule has 1 aliphatic carbocycles. The number of dihydropyridines is 1. The van der Waals surface area contributed by atoms with Gasteiger partial charge in [-0.1, -0.05) is 48.5 Å². The van der Waals surface area contributed by atoms with Crippen LogP contribution in [0.4, 0.5) is 4.39 Å². The highest BCUT2D eigenvalue weighted by atomic mass is 19.1. The Morgan fingerprint density at radius 2 is 1.66 bits per heavy atom. The van der Waals surface area contributed by atoms with E-state index < -0.39 is 11.9 Å². The molecular weight excluding hydrogens is 445 g/mol. The highest BCUT2D eigenvalue weighted by molar-refractivity contribution is 6.23. The second kappa shape index (κ2) is 9.22. The fourth-order valence-corrected chi connectivity index (χ4v) is 4.65. The first-order valence-electron chi connectivity index (χ1n) is 11.5. The lowest BCUT2D eigenvalue weighted by Crippen LogP contribution is -2.29. The second-order valence-electron chi connectivity index (χ2n) is 8.46. The maximum Gasteiger partial charge on any atom is 0.336 e. The van der Waals surface area contributed by atoms with Crippen molar-refractivity contribution >= 4 is 17.4 Å². The Morgan fingerprint density at radius 3 is 2.34 bits per heavy atom. The molecule has 0 spiro atoms. The summed E-state index contributed by atoms with van der Waals surface area (Å²) in [4.78, 5) is 26.5. The summed E-state index contributed by atoms with van der Waals surface area (Å²) in [5.74, 6) is -0.788. The molecule has 0 aromatic heterocycles. The van der Waals surface area contributed by atoms with Crippen molar-refractivity contribution in [1.29, 1.82) is 0 Å². The number of ether oxygens (including phenoxy) is 2. The number of fused-ring (bicyclic) bond motifs is 2. The van der Waals surface area contributed by atoms with Crippen molar-refractivity contribution < 1.29 is 23.5 Å². The van der Waals surface area contributed by atoms with Crippen molar-refractivity contribution in [2.75, 3.05) is 6.61 Å². The number of rotatable bonds is 6. The molecule has 0 unspecified atom stereocenters. The SMILES string of the molecule is CCOC(=O)C1=C(C)NC2=C(C(=O)c3ccccc32)[C@H]1c1ccc(OCc2ccc(F)cc2)cc1. The van der Waals surface area contributed by atoms with Crippen molar-refractivity contribution in [3.8, 4) is 5.75 Å². The minimum absolute atomic E-state index is 0.0981. The Bertz CT molecular complexity index is 1370. The monoisotopic (exact) mass is 469 g/mol. The summed E-state index contributed by atoms with van der Waals surface area (Å²) in [7, 11) is 0. The Morgan fingerprint density at radius 1 is 0.971 bits per heavy atom. The van der Waals surface area contributed by atoms with Gasteiger partial charge in [0.15, 0.2) is 5.78 Å². The molecule has 0 saturated heterocycles. The van der Waals surface area contributed by atoms with Gasteiger partial charge < -0.3 is 14.8 Å². The lowest BCUT2D eigenvalue weighted by molar-refractivity contribution is -0.138. The van der Waals surface area contributed by atoms with Crippen molar-refractivity contribution in [1.82, 2.24) is 5.32 Å². The van der Waals surface area contributed by atoms with Crippen molar-refractivity contribution in [2.24, 2.45) is 0 Å². The van der Waals surface area contributed by atoms with Crippen molar-refractivity contribution in [3.05, 3.63) is 118 Å². The Balaban J connectivity index is 1.49. The summed E-state index contributed by atoms with van der Waals surface area (Å²) in [5.41, 5.74) is 5.45. The maximum atomic E-state index is 13.5. The summed E-state index contributed by atoms with van der Waals surface area (Å²) in [6.07, 6.45) is 0. The first-order valence-corrected chi connectivity index (χ1v) is 11.5. The summed E-state index contributed by atoms with van der Waals surface area (Å²) in [6, 6.07) is 20.9. The number of ketones is 1. The van der Waals surface area contributed by atoms with Crippen molar-refractivity contribution in [2.45, 2.75) is 26.4 Å². The van der Waals surface area contributed by atoms with Crippen LogP contribution in [0.25, 0.3) is 5.70 Å². The lowest BCUT2D eigenvalue weighted by Gasteiger charge is -2.29. The van der Waals surface area contributed by atoms with Crippen LogP contribution in [0.15, 0.2) is 89.6 Å². The number of carbonyl (C=O) groups excluding carboxylic acids is 2. The molecule has 1 aliphatic heterocycles. The van der Waals surface area contributed by atoms with E-state index in [0.29, 0.717) is 34.8 Å². The van der Waals surface area contributed by atoms with Gasteiger partial charge >= 0.3 is 5.97 Å². The molecule has 0 fully saturated rings. The zero-order chi connectivity index (χ0) is 24.5. The smallest absolute Gasteiger partial charge is 0.336 e. The number of hydrogen-bond donors (Lipinski definition) is 1. The molecule has 0 radical (unpaired) electrons. The fraction of sp³-hybridized carbons (Fsp3) is 0.172. The molecule has 6 heteroatoms. The van der Waals surface area contributed by atoms with Gasteiger partial charge in [0, 0.05) is 28.3 Å². The van der Waals surface area contributed by atoms with Gasteiger partial charge in [-0.2, -0.15) is 0 Å². The van der Waals surface area contributed by atoms with Crippen LogP contribution >= 0.6 is 0 Å². The van der Waals surface area contributed by atoms with E-state index >= 15 is 0 Å². The number of halogens is 1. The average Bonchev–Trinajstić information content (AvgIpc) is 3.15. The maximum absolute atomic E-state index is 13.5. The molecule has 2 aliphatic rings. The molecule has 35 heavy (non-hydrogen) atoms. The summed E-state index contributed by atoms with van der Waals surface area (Å²) < 4.78 is 24.3. The molecule has 0 amide bonds. The van der Waals surface area contributed by atoms with Crippen LogP contribution in [-0.4, -0.2) is 18.4 Å². The molecule has 0 saturated carbocycles. The first-order chi connectivity index (χ1) is 17.0. The molecule has 0 bridgehead atoms. The third-order valence-electron chi connectivity index (χ3n) is 6.28. The predicted molar refractivity (Wildman–Crippen MR) is 130 cm³/mol. The number of benzene rings is 3. The van der Waals surface area contributed by atoms with Gasteiger partial charge in [0.2, 0.25) is 0 Å². The van der Waals surface area contributed by atoms with Gasteiger partial charge in [-0.15, -0.1) is 0 Å². The van der Waals surface area contributed by atoms with Crippen molar-refractivity contribution in [3.63, 3.8) is 0 Å². The van der Waals surface area contributed by atoms with E-state index in [0.717, 1.165) is 22.4 Å². The summed E-state index contributed by atoms with van der Waals surface area (Å²) in [6.45, 7) is 4.12. The summed E-state index contributed by atoms with van der Waals surface area (Å²) in [5, 5.41) is 3.29. The van der Waals surface area contributed by atoms with Crippen LogP contribution in [0, 0.1) is 5.82 Å². The molecule has 5 rings (SSSR count). The van der Waals surface area contributed by atoms with Crippen LogP contribution in [0.5, 0.6) is 5.75 Å². The van der Waals surface area contributed by atoms with Gasteiger partial charge in [-0.25, -0.2) is 9.18 Å². The normalized spacial score (nSPS) is 16.5. The number of allylic oxidation sites excluding steroid dienone is 2. The Kier molecular flexibility index (Phi) is 5.95. The highest BCUT2D eigenvalue weighted by Crippen LogP contribution is 2.46. The zero-order valence-electron chi connectivity index (χ0n) is 19.4. The van der Waals surface area contributed by atoms with Crippen LogP contribution in [-0.2, 0) is 16.1 Å². The van der Waals surface area contributed by atoms with E-state index in [-0.39, 0.29) is 18.2 Å². The molecule has 3 aromatic carbocycles. The van der Waals surface area contributed by atoms with Crippen LogP contribution in [0.1, 0.15) is 46.8 Å². The number of nitrogens with one attached hydrogen (secondary N) is 1. The average molecular weight is 470 g/mol. The lowest BCUT2D eigenvalue weighted by atomic mass is 9.80. The first kappa shape index (κ1) is 22.6. The number of carbonyl (C=O) groups is 2. The highest BCUT2D eigenvalue weighted by Gasteiger charge is 2.42. The Labute approximate surface area is 202 Å². The molecule has 1 heterocycles. The minimum Gasteiger partial charge on any atom is -0.489 e. The quantitative estimate of drug-likeness (QED) is 0.481. The van der Waals surface area contributed by atoms with E-state index in [4.69, 9.17) is 9.47 Å². The third-order valence-corrected chi connectivity index (χ3v) is 6.28. The second-order valence-corrected chi connectivity index (χ2v) is 8.46. The number of esters is 1. The fourth-order valence-electron chi connectivity index (χ4n) is 4.65. The molecule has 1 N–H and O–H groups in total. The molecule has 176 valence electrons. The largest absolute Gasteiger partial charge is 0.489 e. The van der Waals surface area contributed by atoms with Crippen LogP contribution < -0.4 is 10.1 Å². The zero-order valence-corrected chi connectivity index (χ0v) is 19.4. The van der Waals surface area contributed by atoms with Gasteiger partial charge in [-0.3, -0.25) is 4.79 Å². The molecule has 1 atom stereocenters.